The number of hydrogen-bond acceptors (Lipinski definition) is 5. The Morgan fingerprint density at radius 3 is 2.80 bits per heavy atom. The molecule has 0 radical (unpaired) electrons. The van der Waals surface area contributed by atoms with Crippen molar-refractivity contribution in [3.05, 3.63) is 88.1 Å². The van der Waals surface area contributed by atoms with Crippen LogP contribution in [0, 0.1) is 0 Å². The molecule has 0 unspecified atom stereocenters. The number of methoxy groups -OCH3 is 1. The van der Waals surface area contributed by atoms with E-state index >= 15 is 0 Å². The molecule has 1 aliphatic heterocycles. The second-order valence-electron chi connectivity index (χ2n) is 7.33. The lowest BCUT2D eigenvalue weighted by molar-refractivity contribution is -0.116. The molecule has 1 N–H and O–H groups in total. The lowest BCUT2D eigenvalue weighted by Gasteiger charge is -2.28. The van der Waals surface area contributed by atoms with E-state index in [9.17, 15) is 9.59 Å². The molecule has 2 heterocycles. The molecule has 2 aromatic carbocycles. The third kappa shape index (κ3) is 4.58. The maximum atomic E-state index is 13.0. The van der Waals surface area contributed by atoms with Crippen LogP contribution < -0.4 is 15.6 Å². The number of hydrogen-bond donors (Lipinski definition) is 1. The fourth-order valence-corrected chi connectivity index (χ4v) is 3.65. The van der Waals surface area contributed by atoms with Crippen LogP contribution in [0.2, 0.25) is 0 Å². The van der Waals surface area contributed by atoms with E-state index in [1.807, 2.05) is 18.2 Å². The Hall–Kier alpha value is -3.45. The van der Waals surface area contributed by atoms with Gasteiger partial charge in [-0.15, -0.1) is 0 Å². The van der Waals surface area contributed by atoms with Gasteiger partial charge < -0.3 is 10.1 Å². The van der Waals surface area contributed by atoms with Crippen molar-refractivity contribution < 1.29 is 9.53 Å². The minimum atomic E-state index is -0.288. The number of benzene rings is 2. The van der Waals surface area contributed by atoms with Gasteiger partial charge in [0.1, 0.15) is 12.3 Å². The second-order valence-corrected chi connectivity index (χ2v) is 7.33. The van der Waals surface area contributed by atoms with E-state index in [-0.39, 0.29) is 18.0 Å². The van der Waals surface area contributed by atoms with Gasteiger partial charge in [-0.25, -0.2) is 4.98 Å². The summed E-state index contributed by atoms with van der Waals surface area (Å²) in [6.45, 7) is 2.09. The predicted octanol–water partition coefficient (Wildman–Crippen LogP) is 2.45. The molecular weight excluding hydrogens is 380 g/mol. The fraction of sp³-hybridized carbons (Fsp3) is 0.261. The number of aromatic nitrogens is 2. The van der Waals surface area contributed by atoms with Crippen LogP contribution in [0.25, 0.3) is 0 Å². The minimum absolute atomic E-state index is 0.0883. The largest absolute Gasteiger partial charge is 0.497 e. The topological polar surface area (TPSA) is 76.5 Å². The van der Waals surface area contributed by atoms with Crippen molar-refractivity contribution in [3.63, 3.8) is 0 Å². The first kappa shape index (κ1) is 19.8. The number of carbonyl (C=O) groups excluding carboxylic acids is 1. The normalized spacial score (nSPS) is 13.5. The van der Waals surface area contributed by atoms with Gasteiger partial charge in [-0.2, -0.15) is 0 Å². The molecule has 0 saturated heterocycles. The number of rotatable bonds is 6. The number of nitrogens with zero attached hydrogens (tertiary/aromatic N) is 3. The van der Waals surface area contributed by atoms with E-state index in [1.165, 1.54) is 16.5 Å². The van der Waals surface area contributed by atoms with E-state index in [2.05, 4.69) is 27.3 Å². The van der Waals surface area contributed by atoms with Crippen LogP contribution in [0.5, 0.6) is 5.75 Å². The Labute approximate surface area is 174 Å². The molecule has 30 heavy (non-hydrogen) atoms. The number of anilines is 1. The maximum absolute atomic E-state index is 13.0. The summed E-state index contributed by atoms with van der Waals surface area (Å²) in [5, 5.41) is 2.80. The zero-order valence-corrected chi connectivity index (χ0v) is 16.9. The summed E-state index contributed by atoms with van der Waals surface area (Å²) in [6, 6.07) is 17.3. The van der Waals surface area contributed by atoms with E-state index in [1.54, 1.807) is 31.4 Å². The number of amides is 1. The van der Waals surface area contributed by atoms with Gasteiger partial charge in [0.2, 0.25) is 5.91 Å². The fourth-order valence-electron chi connectivity index (χ4n) is 3.65. The molecule has 0 bridgehead atoms. The molecule has 1 aliphatic rings. The van der Waals surface area contributed by atoms with Crippen molar-refractivity contribution in [1.29, 1.82) is 0 Å². The van der Waals surface area contributed by atoms with Gasteiger partial charge in [-0.3, -0.25) is 19.1 Å². The van der Waals surface area contributed by atoms with E-state index in [0.717, 1.165) is 25.2 Å². The zero-order valence-electron chi connectivity index (χ0n) is 16.9. The summed E-state index contributed by atoms with van der Waals surface area (Å²) in [7, 11) is 1.57. The summed E-state index contributed by atoms with van der Waals surface area (Å²) >= 11 is 0. The van der Waals surface area contributed by atoms with E-state index < -0.39 is 0 Å². The van der Waals surface area contributed by atoms with Crippen molar-refractivity contribution in [3.8, 4) is 5.75 Å². The van der Waals surface area contributed by atoms with Gasteiger partial charge >= 0.3 is 0 Å². The highest BCUT2D eigenvalue weighted by atomic mass is 16.5. The third-order valence-electron chi connectivity index (χ3n) is 5.18. The second kappa shape index (κ2) is 8.92. The van der Waals surface area contributed by atoms with Gasteiger partial charge in [0.15, 0.2) is 0 Å². The lowest BCUT2D eigenvalue weighted by Crippen LogP contribution is -2.38. The Bertz CT molecular complexity index is 1100. The summed E-state index contributed by atoms with van der Waals surface area (Å²) < 4.78 is 6.54. The number of ether oxygens (including phenoxy) is 1. The highest BCUT2D eigenvalue weighted by molar-refractivity contribution is 5.90. The van der Waals surface area contributed by atoms with Crippen LogP contribution >= 0.6 is 0 Å². The summed E-state index contributed by atoms with van der Waals surface area (Å²) in [5.41, 5.74) is 3.18. The van der Waals surface area contributed by atoms with Crippen LogP contribution in [0.4, 0.5) is 5.69 Å². The Morgan fingerprint density at radius 2 is 2.00 bits per heavy atom. The summed E-state index contributed by atoms with van der Waals surface area (Å²) in [4.78, 5) is 32.1. The first-order valence-corrected chi connectivity index (χ1v) is 9.90. The highest BCUT2D eigenvalue weighted by Crippen LogP contribution is 2.18. The Balaban J connectivity index is 1.46. The minimum Gasteiger partial charge on any atom is -0.497 e. The molecule has 7 nitrogen and oxygen atoms in total. The third-order valence-corrected chi connectivity index (χ3v) is 5.18. The average molecular weight is 404 g/mol. The standard InChI is InChI=1S/C23H24N4O3/c1-30-19-9-5-8-18(12-19)25-22(28)15-27-16-24-21-10-11-26(14-20(21)23(27)29)13-17-6-3-2-4-7-17/h2-9,12,16H,10-11,13-15H2,1H3,(H,25,28). The molecule has 3 aromatic rings. The molecular formula is C23H24N4O3. The molecule has 0 atom stereocenters. The molecule has 0 saturated carbocycles. The summed E-state index contributed by atoms with van der Waals surface area (Å²) in [5.74, 6) is 0.364. The van der Waals surface area contributed by atoms with E-state index in [0.29, 0.717) is 23.5 Å². The Kier molecular flexibility index (Phi) is 5.90. The van der Waals surface area contributed by atoms with Gasteiger partial charge in [0.05, 0.1) is 24.7 Å². The van der Waals surface area contributed by atoms with Crippen molar-refractivity contribution in [2.45, 2.75) is 26.1 Å². The quantitative estimate of drug-likeness (QED) is 0.683. The smallest absolute Gasteiger partial charge is 0.258 e. The molecule has 1 amide bonds. The zero-order chi connectivity index (χ0) is 20.9. The first-order valence-electron chi connectivity index (χ1n) is 9.90. The van der Waals surface area contributed by atoms with Crippen molar-refractivity contribution in [2.24, 2.45) is 0 Å². The molecule has 1 aromatic heterocycles. The van der Waals surface area contributed by atoms with Crippen LogP contribution in [-0.2, 0) is 30.8 Å². The number of nitrogens with one attached hydrogen (secondary N) is 1. The molecule has 0 aliphatic carbocycles. The molecule has 4 rings (SSSR count). The molecule has 0 spiro atoms. The molecule has 0 fully saturated rings. The van der Waals surface area contributed by atoms with Gasteiger partial charge in [0.25, 0.3) is 5.56 Å². The highest BCUT2D eigenvalue weighted by Gasteiger charge is 2.22. The van der Waals surface area contributed by atoms with Crippen LogP contribution in [-0.4, -0.2) is 34.0 Å². The lowest BCUT2D eigenvalue weighted by atomic mass is 10.1. The van der Waals surface area contributed by atoms with Gasteiger partial charge in [-0.1, -0.05) is 36.4 Å². The van der Waals surface area contributed by atoms with Gasteiger partial charge in [0, 0.05) is 37.8 Å². The number of fused-ring (bicyclic) bond motifs is 1. The van der Waals surface area contributed by atoms with Crippen LogP contribution in [0.15, 0.2) is 65.7 Å². The molecule has 154 valence electrons. The predicted molar refractivity (Wildman–Crippen MR) is 114 cm³/mol. The Morgan fingerprint density at radius 1 is 1.17 bits per heavy atom. The monoisotopic (exact) mass is 404 g/mol. The van der Waals surface area contributed by atoms with Crippen molar-refractivity contribution in [1.82, 2.24) is 14.5 Å². The SMILES string of the molecule is COc1cccc(NC(=O)Cn2cnc3c(c2=O)CN(Cc2ccccc2)CC3)c1. The van der Waals surface area contributed by atoms with Gasteiger partial charge in [-0.05, 0) is 17.7 Å². The summed E-state index contributed by atoms with van der Waals surface area (Å²) in [6.07, 6.45) is 2.20. The maximum Gasteiger partial charge on any atom is 0.258 e. The molecule has 7 heteroatoms. The van der Waals surface area contributed by atoms with Crippen molar-refractivity contribution >= 4 is 11.6 Å². The van der Waals surface area contributed by atoms with Crippen molar-refractivity contribution in [2.75, 3.05) is 19.0 Å². The van der Waals surface area contributed by atoms with E-state index in [4.69, 9.17) is 4.74 Å². The first-order chi connectivity index (χ1) is 14.6. The van der Waals surface area contributed by atoms with Crippen LogP contribution in [0.3, 0.4) is 0 Å². The van der Waals surface area contributed by atoms with Crippen LogP contribution in [0.1, 0.15) is 16.8 Å². The average Bonchev–Trinajstić information content (AvgIpc) is 2.77. The number of carbonyl (C=O) groups is 1.